The average molecular weight is 344 g/mol. The highest BCUT2D eigenvalue weighted by Crippen LogP contribution is 2.22. The first-order chi connectivity index (χ1) is 12.8. The first kappa shape index (κ1) is 14.8. The Morgan fingerprint density at radius 2 is 2.04 bits per heavy atom. The molecule has 0 saturated carbocycles. The summed E-state index contributed by atoms with van der Waals surface area (Å²) >= 11 is 0. The molecule has 5 rings (SSSR count). The van der Waals surface area contributed by atoms with Crippen LogP contribution in [0.15, 0.2) is 53.2 Å². The summed E-state index contributed by atoms with van der Waals surface area (Å²) in [5.41, 5.74) is 5.05. The number of fused-ring (bicyclic) bond motifs is 2. The molecule has 2 aromatic carbocycles. The molecule has 0 saturated heterocycles. The van der Waals surface area contributed by atoms with Gasteiger partial charge in [0.25, 0.3) is 0 Å². The van der Waals surface area contributed by atoms with Crippen molar-refractivity contribution >= 4 is 21.9 Å². The molecule has 0 fully saturated rings. The van der Waals surface area contributed by atoms with Crippen molar-refractivity contribution in [3.63, 3.8) is 0 Å². The van der Waals surface area contributed by atoms with Gasteiger partial charge < -0.3 is 9.51 Å². The lowest BCUT2D eigenvalue weighted by Crippen LogP contribution is -1.91. The zero-order valence-corrected chi connectivity index (χ0v) is 14.2. The van der Waals surface area contributed by atoms with Gasteiger partial charge in [0.2, 0.25) is 11.7 Å². The second kappa shape index (κ2) is 5.80. The van der Waals surface area contributed by atoms with Crippen LogP contribution in [0.1, 0.15) is 11.5 Å². The summed E-state index contributed by atoms with van der Waals surface area (Å²) in [6.45, 7) is 0. The normalized spacial score (nSPS) is 11.6. The first-order valence-electron chi connectivity index (χ1n) is 8.45. The highest BCUT2D eigenvalue weighted by molar-refractivity contribution is 5.83. The quantitative estimate of drug-likeness (QED) is 0.541. The van der Waals surface area contributed by atoms with Gasteiger partial charge in [0.1, 0.15) is 5.52 Å². The number of hydrogen-bond acceptors (Lipinski definition) is 5. The number of H-pyrrole nitrogens is 1. The van der Waals surface area contributed by atoms with E-state index in [9.17, 15) is 0 Å². The number of aromatic nitrogens is 6. The zero-order chi connectivity index (χ0) is 17.5. The van der Waals surface area contributed by atoms with Gasteiger partial charge in [-0.2, -0.15) is 4.98 Å². The van der Waals surface area contributed by atoms with Crippen LogP contribution in [-0.2, 0) is 19.9 Å². The summed E-state index contributed by atoms with van der Waals surface area (Å²) in [4.78, 5) is 7.82. The van der Waals surface area contributed by atoms with Gasteiger partial charge in [-0.15, -0.1) is 5.10 Å². The van der Waals surface area contributed by atoms with Gasteiger partial charge in [-0.3, -0.25) is 0 Å². The van der Waals surface area contributed by atoms with Crippen LogP contribution in [0.4, 0.5) is 0 Å². The van der Waals surface area contributed by atoms with E-state index in [4.69, 9.17) is 4.52 Å². The Hall–Kier alpha value is -3.48. The Labute approximate surface area is 148 Å². The van der Waals surface area contributed by atoms with Crippen molar-refractivity contribution in [3.8, 4) is 11.4 Å². The number of aromatic amines is 1. The first-order valence-corrected chi connectivity index (χ1v) is 8.45. The van der Waals surface area contributed by atoms with Crippen LogP contribution in [-0.4, -0.2) is 30.1 Å². The van der Waals surface area contributed by atoms with Crippen LogP contribution < -0.4 is 0 Å². The van der Waals surface area contributed by atoms with Crippen molar-refractivity contribution in [2.24, 2.45) is 7.05 Å². The molecule has 7 nitrogen and oxygen atoms in total. The molecular formula is C19H16N6O. The van der Waals surface area contributed by atoms with Gasteiger partial charge in [-0.1, -0.05) is 28.6 Å². The molecule has 0 aliphatic heterocycles. The monoisotopic (exact) mass is 344 g/mol. The molecule has 0 aliphatic carbocycles. The summed E-state index contributed by atoms with van der Waals surface area (Å²) in [5, 5.41) is 13.5. The van der Waals surface area contributed by atoms with E-state index in [1.807, 2.05) is 43.6 Å². The third-order valence-corrected chi connectivity index (χ3v) is 4.62. The van der Waals surface area contributed by atoms with Gasteiger partial charge in [0, 0.05) is 36.1 Å². The maximum absolute atomic E-state index is 5.43. The molecule has 0 radical (unpaired) electrons. The van der Waals surface area contributed by atoms with E-state index in [0.29, 0.717) is 18.1 Å². The lowest BCUT2D eigenvalue weighted by atomic mass is 10.1. The zero-order valence-electron chi connectivity index (χ0n) is 14.2. The molecular weight excluding hydrogens is 328 g/mol. The van der Waals surface area contributed by atoms with Crippen LogP contribution in [0.5, 0.6) is 0 Å². The highest BCUT2D eigenvalue weighted by Gasteiger charge is 2.12. The van der Waals surface area contributed by atoms with Crippen molar-refractivity contribution < 1.29 is 4.52 Å². The van der Waals surface area contributed by atoms with Crippen LogP contribution in [0, 0.1) is 0 Å². The third kappa shape index (κ3) is 2.45. The Morgan fingerprint density at radius 3 is 3.00 bits per heavy atom. The summed E-state index contributed by atoms with van der Waals surface area (Å²) in [6.07, 6.45) is 3.58. The summed E-state index contributed by atoms with van der Waals surface area (Å²) in [7, 11) is 1.87. The Morgan fingerprint density at radius 1 is 1.12 bits per heavy atom. The minimum absolute atomic E-state index is 0.575. The van der Waals surface area contributed by atoms with Crippen molar-refractivity contribution in [1.82, 2.24) is 30.1 Å². The van der Waals surface area contributed by atoms with Gasteiger partial charge in [0.05, 0.1) is 5.52 Å². The molecule has 3 aromatic heterocycles. The Balaban J connectivity index is 1.37. The predicted molar refractivity (Wildman–Crippen MR) is 97.5 cm³/mol. The number of para-hydroxylation sites is 1. The van der Waals surface area contributed by atoms with Crippen molar-refractivity contribution in [3.05, 3.63) is 60.1 Å². The molecule has 3 heterocycles. The number of benzene rings is 2. The maximum Gasteiger partial charge on any atom is 0.227 e. The lowest BCUT2D eigenvalue weighted by Gasteiger charge is -1.96. The Bertz CT molecular complexity index is 1220. The van der Waals surface area contributed by atoms with Crippen molar-refractivity contribution in [1.29, 1.82) is 0 Å². The van der Waals surface area contributed by atoms with Crippen LogP contribution >= 0.6 is 0 Å². The van der Waals surface area contributed by atoms with Crippen LogP contribution in [0.3, 0.4) is 0 Å². The summed E-state index contributed by atoms with van der Waals surface area (Å²) in [6, 6.07) is 14.1. The molecule has 0 spiro atoms. The third-order valence-electron chi connectivity index (χ3n) is 4.62. The second-order valence-corrected chi connectivity index (χ2v) is 6.29. The minimum Gasteiger partial charge on any atom is -0.361 e. The molecule has 0 amide bonds. The van der Waals surface area contributed by atoms with Gasteiger partial charge >= 0.3 is 0 Å². The fourth-order valence-electron chi connectivity index (χ4n) is 3.23. The summed E-state index contributed by atoms with van der Waals surface area (Å²) in [5.74, 6) is 1.20. The molecule has 0 unspecified atom stereocenters. The topological polar surface area (TPSA) is 85.4 Å². The van der Waals surface area contributed by atoms with E-state index < -0.39 is 0 Å². The van der Waals surface area contributed by atoms with E-state index in [0.717, 1.165) is 28.5 Å². The van der Waals surface area contributed by atoms with E-state index in [-0.39, 0.29) is 0 Å². The molecule has 0 bridgehead atoms. The van der Waals surface area contributed by atoms with Crippen LogP contribution in [0.2, 0.25) is 0 Å². The molecule has 5 aromatic rings. The van der Waals surface area contributed by atoms with Crippen LogP contribution in [0.25, 0.3) is 33.3 Å². The minimum atomic E-state index is 0.575. The number of nitrogens with one attached hydrogen (secondary N) is 1. The predicted octanol–water partition coefficient (Wildman–Crippen LogP) is 3.28. The second-order valence-electron chi connectivity index (χ2n) is 6.29. The number of aryl methyl sites for hydroxylation is 3. The van der Waals surface area contributed by atoms with Crippen molar-refractivity contribution in [2.45, 2.75) is 12.8 Å². The van der Waals surface area contributed by atoms with E-state index in [1.54, 1.807) is 4.68 Å². The molecule has 26 heavy (non-hydrogen) atoms. The van der Waals surface area contributed by atoms with Gasteiger partial charge in [-0.25, -0.2) is 4.68 Å². The maximum atomic E-state index is 5.43. The SMILES string of the molecule is Cn1nnc2cc(-c3noc(CCc4c[nH]c5ccccc45)n3)ccc21. The Kier molecular flexibility index (Phi) is 3.31. The number of hydrogen-bond donors (Lipinski definition) is 1. The molecule has 1 N–H and O–H groups in total. The summed E-state index contributed by atoms with van der Waals surface area (Å²) < 4.78 is 7.17. The highest BCUT2D eigenvalue weighted by atomic mass is 16.5. The smallest absolute Gasteiger partial charge is 0.227 e. The number of rotatable bonds is 4. The van der Waals surface area contributed by atoms with Crippen molar-refractivity contribution in [2.75, 3.05) is 0 Å². The van der Waals surface area contributed by atoms with E-state index in [1.165, 1.54) is 10.9 Å². The van der Waals surface area contributed by atoms with Gasteiger partial charge in [0.15, 0.2) is 0 Å². The molecule has 0 atom stereocenters. The molecule has 0 aliphatic rings. The molecule has 7 heteroatoms. The molecule has 128 valence electrons. The van der Waals surface area contributed by atoms with E-state index in [2.05, 4.69) is 37.6 Å². The lowest BCUT2D eigenvalue weighted by molar-refractivity contribution is 0.379. The largest absolute Gasteiger partial charge is 0.361 e. The van der Waals surface area contributed by atoms with Gasteiger partial charge in [-0.05, 0) is 36.2 Å². The standard InChI is InChI=1S/C19H16N6O/c1-25-17-8-6-12(10-16(17)22-24-25)19-21-18(26-23-19)9-7-13-11-20-15-5-3-2-4-14(13)15/h2-6,8,10-11,20H,7,9H2,1H3. The average Bonchev–Trinajstić information content (AvgIpc) is 3.39. The van der Waals surface area contributed by atoms with E-state index >= 15 is 0 Å². The fourth-order valence-corrected chi connectivity index (χ4v) is 3.23. The number of nitrogens with zero attached hydrogens (tertiary/aromatic N) is 5. The fraction of sp³-hybridized carbons (Fsp3) is 0.158.